The molecule has 176 valence electrons. The quantitative estimate of drug-likeness (QED) is 0.232. The van der Waals surface area contributed by atoms with Gasteiger partial charge < -0.3 is 4.74 Å². The Morgan fingerprint density at radius 2 is 1.80 bits per heavy atom. The summed E-state index contributed by atoms with van der Waals surface area (Å²) in [6, 6.07) is 14.0. The third kappa shape index (κ3) is 5.16. The van der Waals surface area contributed by atoms with Gasteiger partial charge in [0.15, 0.2) is 11.6 Å². The zero-order valence-corrected chi connectivity index (χ0v) is 19.2. The molecular formula is C25H14Cl2F3N3O2. The fourth-order valence-electron chi connectivity index (χ4n) is 3.28. The second-order valence-electron chi connectivity index (χ2n) is 7.20. The Balaban J connectivity index is 1.87. The summed E-state index contributed by atoms with van der Waals surface area (Å²) in [6.07, 6.45) is 1.90. The maximum atomic E-state index is 13.3. The molecule has 0 saturated carbocycles. The Labute approximate surface area is 207 Å². The number of hydrogen-bond donors (Lipinski definition) is 0. The van der Waals surface area contributed by atoms with Crippen LogP contribution in [0, 0.1) is 12.3 Å². The highest BCUT2D eigenvalue weighted by Gasteiger charge is 2.31. The van der Waals surface area contributed by atoms with E-state index in [4.69, 9.17) is 34.4 Å². The molecule has 4 rings (SSSR count). The van der Waals surface area contributed by atoms with Gasteiger partial charge in [0.25, 0.3) is 5.56 Å². The molecular weight excluding hydrogens is 502 g/mol. The van der Waals surface area contributed by atoms with Crippen molar-refractivity contribution in [3.63, 3.8) is 0 Å². The highest BCUT2D eigenvalue weighted by atomic mass is 35.5. The van der Waals surface area contributed by atoms with Gasteiger partial charge in [-0.1, -0.05) is 53.4 Å². The molecule has 0 N–H and O–H groups in total. The summed E-state index contributed by atoms with van der Waals surface area (Å²) in [7, 11) is 0. The van der Waals surface area contributed by atoms with Crippen molar-refractivity contribution >= 4 is 40.3 Å². The molecule has 0 unspecified atom stereocenters. The number of rotatable bonds is 5. The molecule has 0 fully saturated rings. The van der Waals surface area contributed by atoms with Crippen molar-refractivity contribution in [2.45, 2.75) is 6.18 Å². The first-order chi connectivity index (χ1) is 16.7. The predicted molar refractivity (Wildman–Crippen MR) is 130 cm³/mol. The number of aromatic nitrogens is 2. The van der Waals surface area contributed by atoms with Crippen molar-refractivity contribution in [3.8, 4) is 29.5 Å². The first kappa shape index (κ1) is 24.3. The second kappa shape index (κ2) is 9.82. The van der Waals surface area contributed by atoms with Gasteiger partial charge in [-0.2, -0.15) is 22.9 Å². The Morgan fingerprint density at radius 3 is 2.49 bits per heavy atom. The summed E-state index contributed by atoms with van der Waals surface area (Å²) < 4.78 is 46.2. The molecule has 0 atom stereocenters. The van der Waals surface area contributed by atoms with Crippen LogP contribution in [0.4, 0.5) is 13.2 Å². The molecule has 1 aromatic heterocycles. The lowest BCUT2D eigenvalue weighted by Gasteiger charge is -2.12. The van der Waals surface area contributed by atoms with Crippen molar-refractivity contribution in [2.75, 3.05) is 6.61 Å². The van der Waals surface area contributed by atoms with E-state index in [2.05, 4.69) is 16.0 Å². The van der Waals surface area contributed by atoms with Gasteiger partial charge >= 0.3 is 6.18 Å². The molecule has 0 spiro atoms. The number of alkyl halides is 3. The Kier molecular flexibility index (Phi) is 6.83. The minimum absolute atomic E-state index is 0.0363. The number of fused-ring (bicyclic) bond motifs is 1. The number of hydrogen-bond acceptors (Lipinski definition) is 4. The topological polar surface area (TPSA) is 56.5 Å². The van der Waals surface area contributed by atoms with Gasteiger partial charge in [-0.05, 0) is 42.0 Å². The predicted octanol–water partition coefficient (Wildman–Crippen LogP) is 6.28. The van der Waals surface area contributed by atoms with Crippen LogP contribution in [0.15, 0.2) is 70.6 Å². The molecule has 0 bridgehead atoms. The van der Waals surface area contributed by atoms with E-state index in [1.54, 1.807) is 24.3 Å². The highest BCUT2D eigenvalue weighted by Crippen LogP contribution is 2.34. The first-order valence-corrected chi connectivity index (χ1v) is 10.7. The molecule has 0 aliphatic rings. The van der Waals surface area contributed by atoms with Crippen LogP contribution in [-0.4, -0.2) is 22.5 Å². The fourth-order valence-corrected chi connectivity index (χ4v) is 3.90. The smallest absolute Gasteiger partial charge is 0.416 e. The lowest BCUT2D eigenvalue weighted by molar-refractivity contribution is -0.137. The Bertz CT molecular complexity index is 1530. The molecule has 0 radical (unpaired) electrons. The van der Waals surface area contributed by atoms with Crippen molar-refractivity contribution in [3.05, 3.63) is 92.2 Å². The lowest BCUT2D eigenvalue weighted by atomic mass is 10.1. The van der Waals surface area contributed by atoms with Gasteiger partial charge in [0.1, 0.15) is 6.61 Å². The average Bonchev–Trinajstić information content (AvgIpc) is 2.82. The summed E-state index contributed by atoms with van der Waals surface area (Å²) in [5.74, 6) is 2.43. The zero-order valence-electron chi connectivity index (χ0n) is 17.7. The van der Waals surface area contributed by atoms with E-state index in [0.717, 1.165) is 16.8 Å². The zero-order chi connectivity index (χ0) is 25.2. The van der Waals surface area contributed by atoms with Gasteiger partial charge in [0, 0.05) is 5.56 Å². The van der Waals surface area contributed by atoms with Crippen LogP contribution >= 0.6 is 23.2 Å². The van der Waals surface area contributed by atoms with Crippen molar-refractivity contribution in [2.24, 2.45) is 5.10 Å². The molecule has 5 nitrogen and oxygen atoms in total. The minimum Gasteiger partial charge on any atom is -0.478 e. The molecule has 35 heavy (non-hydrogen) atoms. The number of nitrogens with zero attached hydrogens (tertiary/aromatic N) is 3. The Morgan fingerprint density at radius 1 is 1.09 bits per heavy atom. The maximum absolute atomic E-state index is 13.3. The number of para-hydroxylation sites is 1. The van der Waals surface area contributed by atoms with Crippen molar-refractivity contribution < 1.29 is 17.9 Å². The van der Waals surface area contributed by atoms with Crippen molar-refractivity contribution in [1.29, 1.82) is 0 Å². The van der Waals surface area contributed by atoms with Crippen LogP contribution in [0.2, 0.25) is 10.0 Å². The van der Waals surface area contributed by atoms with E-state index >= 15 is 0 Å². The number of halogens is 5. The first-order valence-electron chi connectivity index (χ1n) is 9.98. The van der Waals surface area contributed by atoms with Crippen LogP contribution < -0.4 is 10.3 Å². The van der Waals surface area contributed by atoms with Gasteiger partial charge in [0.05, 0.1) is 32.7 Å². The summed E-state index contributed by atoms with van der Waals surface area (Å²) in [4.78, 5) is 17.6. The van der Waals surface area contributed by atoms with Crippen LogP contribution in [0.1, 0.15) is 11.1 Å². The Hall–Kier alpha value is -3.80. The largest absolute Gasteiger partial charge is 0.478 e. The van der Waals surface area contributed by atoms with Crippen LogP contribution in [-0.2, 0) is 6.18 Å². The van der Waals surface area contributed by atoms with E-state index in [0.29, 0.717) is 11.1 Å². The third-order valence-corrected chi connectivity index (χ3v) is 5.41. The highest BCUT2D eigenvalue weighted by molar-refractivity contribution is 6.37. The molecule has 0 aliphatic heterocycles. The lowest BCUT2D eigenvalue weighted by Crippen LogP contribution is -2.20. The molecule has 3 aromatic carbocycles. The fraction of sp³-hybridized carbons (Fsp3) is 0.0800. The molecule has 1 heterocycles. The van der Waals surface area contributed by atoms with Crippen molar-refractivity contribution in [1.82, 2.24) is 9.66 Å². The van der Waals surface area contributed by atoms with E-state index in [9.17, 15) is 18.0 Å². The number of ether oxygens (including phenoxy) is 1. The molecule has 0 saturated heterocycles. The van der Waals surface area contributed by atoms with Gasteiger partial charge in [-0.3, -0.25) is 4.79 Å². The van der Waals surface area contributed by atoms with Gasteiger partial charge in [-0.15, -0.1) is 6.42 Å². The SMILES string of the molecule is C#CCOc1c(Cl)cc(C=Nn2c(-c3cccc(C(F)(F)F)c3)nc3ccccc3c2=O)cc1Cl. The van der Waals surface area contributed by atoms with Crippen LogP contribution in [0.25, 0.3) is 22.3 Å². The van der Waals surface area contributed by atoms with E-state index in [1.807, 2.05) is 0 Å². The monoisotopic (exact) mass is 515 g/mol. The maximum Gasteiger partial charge on any atom is 0.416 e. The van der Waals surface area contributed by atoms with E-state index < -0.39 is 17.3 Å². The second-order valence-corrected chi connectivity index (χ2v) is 8.01. The molecule has 0 amide bonds. The number of terminal acetylenes is 1. The van der Waals surface area contributed by atoms with Crippen LogP contribution in [0.5, 0.6) is 5.75 Å². The third-order valence-electron chi connectivity index (χ3n) is 4.84. The normalized spacial score (nSPS) is 11.7. The molecule has 4 aromatic rings. The summed E-state index contributed by atoms with van der Waals surface area (Å²) >= 11 is 12.4. The van der Waals surface area contributed by atoms with E-state index in [1.165, 1.54) is 30.5 Å². The summed E-state index contributed by atoms with van der Waals surface area (Å²) in [5, 5.41) is 4.78. The standard InChI is InChI=1S/C25H14Cl2F3N3O2/c1-2-10-35-22-19(26)11-15(12-20(22)27)14-31-33-23(16-6-5-7-17(13-16)25(28,29)30)32-21-9-4-3-8-18(21)24(33)34/h1,3-9,11-14H,10H2. The van der Waals surface area contributed by atoms with Crippen LogP contribution in [0.3, 0.4) is 0 Å². The summed E-state index contributed by atoms with van der Waals surface area (Å²) in [6.45, 7) is -0.0363. The van der Waals surface area contributed by atoms with Gasteiger partial charge in [0.2, 0.25) is 0 Å². The van der Waals surface area contributed by atoms with E-state index in [-0.39, 0.29) is 39.2 Å². The summed E-state index contributed by atoms with van der Waals surface area (Å²) in [5.41, 5.74) is -0.658. The van der Waals surface area contributed by atoms with Gasteiger partial charge in [-0.25, -0.2) is 4.98 Å². The number of benzene rings is 3. The minimum atomic E-state index is -4.57. The average molecular weight is 516 g/mol. The molecule has 0 aliphatic carbocycles. The molecule has 10 heteroatoms.